The van der Waals surface area contributed by atoms with Crippen molar-refractivity contribution in [3.8, 4) is 0 Å². The minimum absolute atomic E-state index is 0.143. The zero-order chi connectivity index (χ0) is 14.1. The van der Waals surface area contributed by atoms with E-state index in [9.17, 15) is 14.7 Å². The molecule has 1 unspecified atom stereocenters. The topological polar surface area (TPSA) is 81.1 Å². The number of nitrogens with zero attached hydrogens (tertiary/aromatic N) is 2. The third-order valence-corrected chi connectivity index (χ3v) is 3.47. The smallest absolute Gasteiger partial charge is 0.336 e. The summed E-state index contributed by atoms with van der Waals surface area (Å²) >= 11 is 0. The first kappa shape index (κ1) is 14.1. The van der Waals surface area contributed by atoms with Gasteiger partial charge in [0.05, 0.1) is 5.57 Å². The van der Waals surface area contributed by atoms with Crippen molar-refractivity contribution in [3.63, 3.8) is 0 Å². The van der Waals surface area contributed by atoms with Crippen LogP contribution in [0, 0.1) is 0 Å². The predicted molar refractivity (Wildman–Crippen MR) is 65.7 cm³/mol. The summed E-state index contributed by atoms with van der Waals surface area (Å²) in [4.78, 5) is 25.7. The number of carbonyl (C=O) groups is 2. The molecule has 0 aromatic rings. The number of rotatable bonds is 4. The van der Waals surface area contributed by atoms with Crippen molar-refractivity contribution in [2.24, 2.45) is 0 Å². The van der Waals surface area contributed by atoms with Gasteiger partial charge >= 0.3 is 11.9 Å². The Labute approximate surface area is 106 Å². The molecular weight excluding hydrogens is 236 g/mol. The third-order valence-electron chi connectivity index (χ3n) is 3.47. The monoisotopic (exact) mass is 254 g/mol. The number of aliphatic carboxylic acids is 2. The number of hydrogen-bond donors (Lipinski definition) is 2. The summed E-state index contributed by atoms with van der Waals surface area (Å²) in [6.07, 6.45) is 3.03. The van der Waals surface area contributed by atoms with E-state index >= 15 is 0 Å². The Morgan fingerprint density at radius 3 is 2.22 bits per heavy atom. The quantitative estimate of drug-likeness (QED) is 0.726. The fourth-order valence-corrected chi connectivity index (χ4v) is 2.52. The summed E-state index contributed by atoms with van der Waals surface area (Å²) in [6, 6.07) is 0. The first-order chi connectivity index (χ1) is 8.27. The average Bonchev–Trinajstić information content (AvgIpc) is 2.48. The Kier molecular flexibility index (Phi) is 3.69. The number of allylic oxidation sites excluding steroid dienone is 1. The van der Waals surface area contributed by atoms with Crippen LogP contribution in [0.5, 0.6) is 0 Å². The zero-order valence-corrected chi connectivity index (χ0v) is 11.0. The largest absolute Gasteiger partial charge is 0.478 e. The standard InChI is InChI=1S/C12H18N2O4/c1-5-12(9(11(17)18)6-10(15)16)13(3)7-8(2)14(12)4/h6-7H,5H2,1-4H3,(H,15,16)(H,17,18)/b9-6+. The van der Waals surface area contributed by atoms with Crippen molar-refractivity contribution in [1.29, 1.82) is 0 Å². The van der Waals surface area contributed by atoms with Gasteiger partial charge in [0, 0.05) is 32.1 Å². The highest BCUT2D eigenvalue weighted by molar-refractivity contribution is 5.96. The van der Waals surface area contributed by atoms with Crippen molar-refractivity contribution in [3.05, 3.63) is 23.5 Å². The molecule has 0 spiro atoms. The Hall–Kier alpha value is -1.98. The summed E-state index contributed by atoms with van der Waals surface area (Å²) < 4.78 is 0. The van der Waals surface area contributed by atoms with Gasteiger partial charge in [-0.15, -0.1) is 0 Å². The Morgan fingerprint density at radius 2 is 1.94 bits per heavy atom. The van der Waals surface area contributed by atoms with E-state index in [0.29, 0.717) is 6.42 Å². The van der Waals surface area contributed by atoms with Crippen molar-refractivity contribution in [2.75, 3.05) is 14.1 Å². The molecule has 1 heterocycles. The molecule has 0 saturated heterocycles. The molecule has 1 aliphatic rings. The van der Waals surface area contributed by atoms with Crippen LogP contribution in [0.3, 0.4) is 0 Å². The summed E-state index contributed by atoms with van der Waals surface area (Å²) in [5.74, 6) is -2.48. The molecule has 100 valence electrons. The van der Waals surface area contributed by atoms with Gasteiger partial charge in [-0.3, -0.25) is 0 Å². The van der Waals surface area contributed by atoms with Crippen LogP contribution in [0.15, 0.2) is 23.5 Å². The molecule has 6 heteroatoms. The minimum Gasteiger partial charge on any atom is -0.478 e. The molecule has 2 N–H and O–H groups in total. The van der Waals surface area contributed by atoms with Crippen LogP contribution >= 0.6 is 0 Å². The maximum absolute atomic E-state index is 11.4. The van der Waals surface area contributed by atoms with E-state index in [1.54, 1.807) is 23.9 Å². The molecule has 1 aliphatic heterocycles. The van der Waals surface area contributed by atoms with Crippen molar-refractivity contribution in [2.45, 2.75) is 25.9 Å². The van der Waals surface area contributed by atoms with E-state index in [1.807, 2.05) is 20.0 Å². The van der Waals surface area contributed by atoms with Crippen molar-refractivity contribution >= 4 is 11.9 Å². The van der Waals surface area contributed by atoms with Crippen molar-refractivity contribution < 1.29 is 19.8 Å². The van der Waals surface area contributed by atoms with Crippen molar-refractivity contribution in [1.82, 2.24) is 9.80 Å². The maximum Gasteiger partial charge on any atom is 0.336 e. The molecule has 18 heavy (non-hydrogen) atoms. The number of carboxylic acids is 2. The lowest BCUT2D eigenvalue weighted by Crippen LogP contribution is -2.54. The van der Waals surface area contributed by atoms with E-state index in [2.05, 4.69) is 0 Å². The lowest BCUT2D eigenvalue weighted by molar-refractivity contribution is -0.137. The molecule has 0 aliphatic carbocycles. The highest BCUT2D eigenvalue weighted by Crippen LogP contribution is 2.38. The van der Waals surface area contributed by atoms with Gasteiger partial charge in [-0.25, -0.2) is 9.59 Å². The fraction of sp³-hybridized carbons (Fsp3) is 0.500. The van der Waals surface area contributed by atoms with Crippen LogP contribution in [0.2, 0.25) is 0 Å². The fourth-order valence-electron chi connectivity index (χ4n) is 2.52. The summed E-state index contributed by atoms with van der Waals surface area (Å²) in [5, 5.41) is 18.1. The second kappa shape index (κ2) is 4.72. The molecule has 0 radical (unpaired) electrons. The van der Waals surface area contributed by atoms with Gasteiger partial charge in [0.15, 0.2) is 0 Å². The molecule has 0 amide bonds. The number of hydrogen-bond acceptors (Lipinski definition) is 4. The molecule has 0 aromatic carbocycles. The van der Waals surface area contributed by atoms with Crippen LogP contribution in [-0.2, 0) is 9.59 Å². The summed E-state index contributed by atoms with van der Waals surface area (Å²) in [5.41, 5.74) is -0.207. The first-order valence-electron chi connectivity index (χ1n) is 5.61. The Balaban J connectivity index is 3.39. The summed E-state index contributed by atoms with van der Waals surface area (Å²) in [6.45, 7) is 3.69. The molecule has 0 bridgehead atoms. The molecule has 0 saturated carbocycles. The minimum atomic E-state index is -1.26. The second-order valence-electron chi connectivity index (χ2n) is 4.31. The van der Waals surface area contributed by atoms with Crippen LogP contribution in [0.4, 0.5) is 0 Å². The first-order valence-corrected chi connectivity index (χ1v) is 5.61. The summed E-state index contributed by atoms with van der Waals surface area (Å²) in [7, 11) is 3.51. The second-order valence-corrected chi connectivity index (χ2v) is 4.31. The van der Waals surface area contributed by atoms with Crippen LogP contribution in [0.25, 0.3) is 0 Å². The van der Waals surface area contributed by atoms with Gasteiger partial charge in [-0.1, -0.05) is 6.92 Å². The van der Waals surface area contributed by atoms with Crippen LogP contribution < -0.4 is 0 Å². The van der Waals surface area contributed by atoms with Crippen LogP contribution in [0.1, 0.15) is 20.3 Å². The van der Waals surface area contributed by atoms with Crippen LogP contribution in [-0.4, -0.2) is 51.7 Å². The number of likely N-dealkylation sites (N-methyl/N-ethyl adjacent to an activating group) is 2. The van der Waals surface area contributed by atoms with Gasteiger partial charge in [-0.05, 0) is 13.3 Å². The maximum atomic E-state index is 11.4. The normalized spacial score (nSPS) is 24.2. The highest BCUT2D eigenvalue weighted by Gasteiger charge is 2.47. The van der Waals surface area contributed by atoms with Gasteiger partial charge in [-0.2, -0.15) is 0 Å². The molecule has 1 rings (SSSR count). The Morgan fingerprint density at radius 1 is 1.39 bits per heavy atom. The van der Waals surface area contributed by atoms with Gasteiger partial charge in [0.1, 0.15) is 5.66 Å². The zero-order valence-electron chi connectivity index (χ0n) is 11.0. The lowest BCUT2D eigenvalue weighted by Gasteiger charge is -2.43. The van der Waals surface area contributed by atoms with E-state index in [0.717, 1.165) is 11.8 Å². The SMILES string of the molecule is CCC1(/C(=C/C(=O)O)C(=O)O)N(C)C=C(C)N1C. The molecule has 0 aromatic heterocycles. The van der Waals surface area contributed by atoms with E-state index in [1.165, 1.54) is 0 Å². The average molecular weight is 254 g/mol. The molecule has 1 atom stereocenters. The molecule has 6 nitrogen and oxygen atoms in total. The highest BCUT2D eigenvalue weighted by atomic mass is 16.4. The molecule has 0 fully saturated rings. The van der Waals surface area contributed by atoms with Gasteiger partial charge in [0.2, 0.25) is 0 Å². The van der Waals surface area contributed by atoms with E-state index in [-0.39, 0.29) is 5.57 Å². The van der Waals surface area contributed by atoms with E-state index in [4.69, 9.17) is 5.11 Å². The lowest BCUT2D eigenvalue weighted by atomic mass is 9.93. The van der Waals surface area contributed by atoms with Gasteiger partial charge < -0.3 is 20.0 Å². The molecular formula is C12H18N2O4. The number of carboxylic acid groups (broad SMARTS) is 2. The third kappa shape index (κ3) is 1.94. The predicted octanol–water partition coefficient (Wildman–Crippen LogP) is 0.927. The van der Waals surface area contributed by atoms with E-state index < -0.39 is 17.6 Å². The van der Waals surface area contributed by atoms with Gasteiger partial charge in [0.25, 0.3) is 0 Å². The Bertz CT molecular complexity index is 441.